The van der Waals surface area contributed by atoms with Crippen LogP contribution >= 0.6 is 0 Å². The molecule has 1 heterocycles. The Bertz CT molecular complexity index is 1190. The fraction of sp³-hybridized carbons (Fsp3) is 0.333. The number of urea groups is 1. The number of carbonyl (C=O) groups excluding carboxylic acids is 2. The number of hydrogen-bond acceptors (Lipinski definition) is 3. The summed E-state index contributed by atoms with van der Waals surface area (Å²) in [7, 11) is 0. The van der Waals surface area contributed by atoms with Gasteiger partial charge in [-0.25, -0.2) is 9.59 Å². The second kappa shape index (κ2) is 10.9. The predicted molar refractivity (Wildman–Crippen MR) is 144 cm³/mol. The molecule has 2 N–H and O–H groups in total. The summed E-state index contributed by atoms with van der Waals surface area (Å²) >= 11 is 0. The second-order valence-corrected chi connectivity index (χ2v) is 10.4. The summed E-state index contributed by atoms with van der Waals surface area (Å²) in [5.41, 5.74) is 4.75. The van der Waals surface area contributed by atoms with E-state index >= 15 is 0 Å². The van der Waals surface area contributed by atoms with Gasteiger partial charge >= 0.3 is 12.1 Å². The zero-order valence-corrected chi connectivity index (χ0v) is 21.5. The summed E-state index contributed by atoms with van der Waals surface area (Å²) < 4.78 is 5.61. The SMILES string of the molecule is CC(Cc1ccc(-c2ccccc2)cc1)NC(=O)NC1Cc2ccccc2N(C(=O)OC(C)(C)C)C1. The number of anilines is 1. The summed E-state index contributed by atoms with van der Waals surface area (Å²) in [6, 6.07) is 26.0. The summed E-state index contributed by atoms with van der Waals surface area (Å²) in [6.45, 7) is 7.89. The lowest BCUT2D eigenvalue weighted by Crippen LogP contribution is -2.54. The number of carbonyl (C=O) groups is 2. The van der Waals surface area contributed by atoms with E-state index in [0.717, 1.165) is 23.2 Å². The Hall–Kier alpha value is -3.80. The number of fused-ring (bicyclic) bond motifs is 1. The molecular formula is C30H35N3O3. The van der Waals surface area contributed by atoms with Gasteiger partial charge in [-0.15, -0.1) is 0 Å². The van der Waals surface area contributed by atoms with Crippen LogP contribution in [0.2, 0.25) is 0 Å². The van der Waals surface area contributed by atoms with Gasteiger partial charge in [-0.1, -0.05) is 72.8 Å². The lowest BCUT2D eigenvalue weighted by molar-refractivity contribution is 0.0574. The number of para-hydroxylation sites is 1. The molecule has 4 rings (SSSR count). The van der Waals surface area contributed by atoms with E-state index in [2.05, 4.69) is 47.0 Å². The van der Waals surface area contributed by atoms with Crippen LogP contribution in [0.3, 0.4) is 0 Å². The van der Waals surface area contributed by atoms with Crippen molar-refractivity contribution in [1.82, 2.24) is 10.6 Å². The maximum Gasteiger partial charge on any atom is 0.414 e. The van der Waals surface area contributed by atoms with E-state index in [9.17, 15) is 9.59 Å². The molecule has 0 aromatic heterocycles. The van der Waals surface area contributed by atoms with E-state index in [4.69, 9.17) is 4.74 Å². The van der Waals surface area contributed by atoms with Crippen LogP contribution < -0.4 is 15.5 Å². The minimum Gasteiger partial charge on any atom is -0.443 e. The van der Waals surface area contributed by atoms with Crippen LogP contribution in [0.5, 0.6) is 0 Å². The van der Waals surface area contributed by atoms with E-state index in [1.54, 1.807) is 4.90 Å². The quantitative estimate of drug-likeness (QED) is 0.469. The van der Waals surface area contributed by atoms with Crippen LogP contribution in [0.15, 0.2) is 78.9 Å². The zero-order chi connectivity index (χ0) is 25.7. The van der Waals surface area contributed by atoms with Crippen LogP contribution in [0, 0.1) is 0 Å². The smallest absolute Gasteiger partial charge is 0.414 e. The first-order chi connectivity index (χ1) is 17.2. The zero-order valence-electron chi connectivity index (χ0n) is 21.5. The van der Waals surface area contributed by atoms with Gasteiger partial charge in [-0.2, -0.15) is 0 Å². The molecular weight excluding hydrogens is 450 g/mol. The van der Waals surface area contributed by atoms with Crippen molar-refractivity contribution in [3.05, 3.63) is 90.0 Å². The van der Waals surface area contributed by atoms with E-state index in [1.165, 1.54) is 11.1 Å². The van der Waals surface area contributed by atoms with Crippen LogP contribution in [0.1, 0.15) is 38.8 Å². The third kappa shape index (κ3) is 6.66. The number of rotatable bonds is 5. The summed E-state index contributed by atoms with van der Waals surface area (Å²) in [6.07, 6.45) is 0.965. The topological polar surface area (TPSA) is 70.7 Å². The van der Waals surface area contributed by atoms with Crippen molar-refractivity contribution in [2.45, 2.75) is 58.2 Å². The monoisotopic (exact) mass is 485 g/mol. The highest BCUT2D eigenvalue weighted by molar-refractivity contribution is 5.90. The Morgan fingerprint density at radius 3 is 2.28 bits per heavy atom. The molecule has 36 heavy (non-hydrogen) atoms. The van der Waals surface area contributed by atoms with Crippen LogP contribution in [-0.2, 0) is 17.6 Å². The standard InChI is InChI=1S/C30H35N3O3/c1-21(18-22-14-16-24(17-15-22)23-10-6-5-7-11-23)31-28(34)32-26-19-25-12-8-9-13-27(25)33(20-26)29(35)36-30(2,3)4/h5-17,21,26H,18-20H2,1-4H3,(H2,31,32,34). The van der Waals surface area contributed by atoms with Gasteiger partial charge in [-0.05, 0) is 68.9 Å². The van der Waals surface area contributed by atoms with Gasteiger partial charge in [-0.3, -0.25) is 4.90 Å². The molecule has 0 bridgehead atoms. The lowest BCUT2D eigenvalue weighted by Gasteiger charge is -2.36. The van der Waals surface area contributed by atoms with Crippen molar-refractivity contribution in [2.24, 2.45) is 0 Å². The number of amides is 3. The van der Waals surface area contributed by atoms with Crippen molar-refractivity contribution < 1.29 is 14.3 Å². The molecule has 3 aromatic carbocycles. The van der Waals surface area contributed by atoms with Gasteiger partial charge < -0.3 is 15.4 Å². The number of nitrogens with one attached hydrogen (secondary N) is 2. The van der Waals surface area contributed by atoms with E-state index in [-0.39, 0.29) is 18.1 Å². The molecule has 0 fully saturated rings. The van der Waals surface area contributed by atoms with Crippen molar-refractivity contribution >= 4 is 17.8 Å². The Morgan fingerprint density at radius 2 is 1.58 bits per heavy atom. The molecule has 0 saturated carbocycles. The number of hydrogen-bond donors (Lipinski definition) is 2. The molecule has 0 radical (unpaired) electrons. The predicted octanol–water partition coefficient (Wildman–Crippen LogP) is 5.95. The van der Waals surface area contributed by atoms with Crippen molar-refractivity contribution in [2.75, 3.05) is 11.4 Å². The van der Waals surface area contributed by atoms with Gasteiger partial charge in [0.2, 0.25) is 0 Å². The minimum absolute atomic E-state index is 0.0505. The maximum absolute atomic E-state index is 12.9. The highest BCUT2D eigenvalue weighted by Gasteiger charge is 2.32. The van der Waals surface area contributed by atoms with Gasteiger partial charge in [0.25, 0.3) is 0 Å². The summed E-state index contributed by atoms with van der Waals surface area (Å²) in [5, 5.41) is 6.10. The van der Waals surface area contributed by atoms with E-state index < -0.39 is 11.7 Å². The van der Waals surface area contributed by atoms with Crippen LogP contribution in [0.4, 0.5) is 15.3 Å². The van der Waals surface area contributed by atoms with Gasteiger partial charge in [0, 0.05) is 12.6 Å². The Kier molecular flexibility index (Phi) is 7.63. The first-order valence-electron chi connectivity index (χ1n) is 12.5. The molecule has 3 aromatic rings. The van der Waals surface area contributed by atoms with Gasteiger partial charge in [0.05, 0.1) is 11.7 Å². The van der Waals surface area contributed by atoms with Crippen LogP contribution in [-0.4, -0.2) is 36.4 Å². The molecule has 6 nitrogen and oxygen atoms in total. The Labute approximate surface area is 213 Å². The lowest BCUT2D eigenvalue weighted by atomic mass is 9.98. The highest BCUT2D eigenvalue weighted by Crippen LogP contribution is 2.28. The molecule has 2 unspecified atom stereocenters. The number of nitrogens with zero attached hydrogens (tertiary/aromatic N) is 1. The Balaban J connectivity index is 1.34. The Morgan fingerprint density at radius 1 is 0.944 bits per heavy atom. The van der Waals surface area contributed by atoms with Crippen molar-refractivity contribution in [1.29, 1.82) is 0 Å². The van der Waals surface area contributed by atoms with E-state index in [1.807, 2.05) is 70.2 Å². The van der Waals surface area contributed by atoms with Gasteiger partial charge in [0.15, 0.2) is 0 Å². The largest absolute Gasteiger partial charge is 0.443 e. The van der Waals surface area contributed by atoms with Crippen molar-refractivity contribution in [3.8, 4) is 11.1 Å². The molecule has 1 aliphatic heterocycles. The third-order valence-corrected chi connectivity index (χ3v) is 6.08. The average molecular weight is 486 g/mol. The molecule has 0 spiro atoms. The first kappa shape index (κ1) is 25.3. The highest BCUT2D eigenvalue weighted by atomic mass is 16.6. The second-order valence-electron chi connectivity index (χ2n) is 10.4. The molecule has 0 saturated heterocycles. The maximum atomic E-state index is 12.9. The van der Waals surface area contributed by atoms with Gasteiger partial charge in [0.1, 0.15) is 5.60 Å². The summed E-state index contributed by atoms with van der Waals surface area (Å²) in [5.74, 6) is 0. The molecule has 188 valence electrons. The van der Waals surface area contributed by atoms with Crippen LogP contribution in [0.25, 0.3) is 11.1 Å². The minimum atomic E-state index is -0.599. The summed E-state index contributed by atoms with van der Waals surface area (Å²) in [4.78, 5) is 27.3. The normalized spacial score (nSPS) is 16.0. The van der Waals surface area contributed by atoms with E-state index in [0.29, 0.717) is 13.0 Å². The number of benzene rings is 3. The molecule has 0 aliphatic carbocycles. The molecule has 3 amide bonds. The molecule has 6 heteroatoms. The average Bonchev–Trinajstić information content (AvgIpc) is 2.83. The fourth-order valence-corrected chi connectivity index (χ4v) is 4.50. The first-order valence-corrected chi connectivity index (χ1v) is 12.5. The van der Waals surface area contributed by atoms with Crippen molar-refractivity contribution in [3.63, 3.8) is 0 Å². The number of ether oxygens (including phenoxy) is 1. The molecule has 2 atom stereocenters. The third-order valence-electron chi connectivity index (χ3n) is 6.08. The fourth-order valence-electron chi connectivity index (χ4n) is 4.50. The molecule has 1 aliphatic rings.